The Bertz CT molecular complexity index is 715. The van der Waals surface area contributed by atoms with Crippen LogP contribution < -0.4 is 15.0 Å². The lowest BCUT2D eigenvalue weighted by molar-refractivity contribution is -0.126. The lowest BCUT2D eigenvalue weighted by atomic mass is 10.1. The van der Waals surface area contributed by atoms with Gasteiger partial charge in [0.15, 0.2) is 0 Å². The molecule has 1 aliphatic rings. The molecule has 1 amide bonds. The molecule has 2 heterocycles. The van der Waals surface area contributed by atoms with E-state index in [1.165, 1.54) is 0 Å². The molecule has 1 aromatic heterocycles. The monoisotopic (exact) mass is 354 g/mol. The van der Waals surface area contributed by atoms with Gasteiger partial charge in [-0.1, -0.05) is 24.3 Å². The molecule has 1 fully saturated rings. The van der Waals surface area contributed by atoms with Crippen LogP contribution in [0.2, 0.25) is 0 Å². The molecule has 6 nitrogen and oxygen atoms in total. The maximum absolute atomic E-state index is 12.5. The number of hydrogen-bond acceptors (Lipinski definition) is 5. The number of nitrogens with zero attached hydrogens (tertiary/aromatic N) is 3. The van der Waals surface area contributed by atoms with Crippen LogP contribution >= 0.6 is 0 Å². The summed E-state index contributed by atoms with van der Waals surface area (Å²) < 4.78 is 5.34. The number of anilines is 1. The molecule has 1 N–H and O–H groups in total. The van der Waals surface area contributed by atoms with Gasteiger partial charge >= 0.3 is 0 Å². The Labute approximate surface area is 154 Å². The summed E-state index contributed by atoms with van der Waals surface area (Å²) in [6.45, 7) is 5.89. The molecule has 0 saturated carbocycles. The standard InChI is InChI=1S/C20H26N4O2/c1-16(20(25)22-15-17-7-3-4-8-18(17)26-2)23-11-13-24(14-12-23)19-9-5-6-10-21-19/h3-10,16H,11-15H2,1-2H3,(H,22,25)/t16-/m0/s1. The molecule has 26 heavy (non-hydrogen) atoms. The largest absolute Gasteiger partial charge is 0.496 e. The van der Waals surface area contributed by atoms with Crippen LogP contribution in [0.3, 0.4) is 0 Å². The van der Waals surface area contributed by atoms with E-state index in [0.29, 0.717) is 6.54 Å². The van der Waals surface area contributed by atoms with Crippen LogP contribution in [0.1, 0.15) is 12.5 Å². The molecule has 138 valence electrons. The zero-order valence-corrected chi connectivity index (χ0v) is 15.4. The van der Waals surface area contributed by atoms with Gasteiger partial charge in [-0.05, 0) is 25.1 Å². The van der Waals surface area contributed by atoms with E-state index in [1.807, 2.05) is 55.6 Å². The predicted octanol–water partition coefficient (Wildman–Crippen LogP) is 1.92. The zero-order valence-electron chi connectivity index (χ0n) is 15.4. The van der Waals surface area contributed by atoms with Crippen molar-refractivity contribution >= 4 is 11.7 Å². The lowest BCUT2D eigenvalue weighted by Crippen LogP contribution is -2.54. The van der Waals surface area contributed by atoms with Gasteiger partial charge in [-0.2, -0.15) is 0 Å². The number of carbonyl (C=O) groups is 1. The van der Waals surface area contributed by atoms with Gasteiger partial charge in [-0.3, -0.25) is 9.69 Å². The van der Waals surface area contributed by atoms with Crippen LogP contribution in [0, 0.1) is 0 Å². The minimum absolute atomic E-state index is 0.0437. The summed E-state index contributed by atoms with van der Waals surface area (Å²) in [4.78, 5) is 21.4. The first-order chi connectivity index (χ1) is 12.7. The van der Waals surface area contributed by atoms with E-state index >= 15 is 0 Å². The fraction of sp³-hybridized carbons (Fsp3) is 0.400. The van der Waals surface area contributed by atoms with E-state index in [1.54, 1.807) is 7.11 Å². The van der Waals surface area contributed by atoms with E-state index in [2.05, 4.69) is 20.1 Å². The maximum Gasteiger partial charge on any atom is 0.237 e. The second kappa shape index (κ2) is 8.67. The number of methoxy groups -OCH3 is 1. The number of para-hydroxylation sites is 1. The minimum Gasteiger partial charge on any atom is -0.496 e. The molecule has 6 heteroatoms. The molecule has 2 aromatic rings. The molecule has 1 atom stereocenters. The van der Waals surface area contributed by atoms with Crippen molar-refractivity contribution in [3.63, 3.8) is 0 Å². The highest BCUT2D eigenvalue weighted by Gasteiger charge is 2.25. The Balaban J connectivity index is 1.50. The van der Waals surface area contributed by atoms with Crippen molar-refractivity contribution in [2.24, 2.45) is 0 Å². The molecule has 1 aromatic carbocycles. The highest BCUT2D eigenvalue weighted by molar-refractivity contribution is 5.81. The summed E-state index contributed by atoms with van der Waals surface area (Å²) in [5.74, 6) is 1.84. The molecule has 0 bridgehead atoms. The third-order valence-electron chi connectivity index (χ3n) is 4.86. The van der Waals surface area contributed by atoms with E-state index in [0.717, 1.165) is 43.3 Å². The van der Waals surface area contributed by atoms with Crippen LogP contribution in [0.4, 0.5) is 5.82 Å². The average molecular weight is 354 g/mol. The number of ether oxygens (including phenoxy) is 1. The molecule has 0 unspecified atom stereocenters. The molecule has 3 rings (SSSR count). The third kappa shape index (κ3) is 4.32. The average Bonchev–Trinajstić information content (AvgIpc) is 2.72. The van der Waals surface area contributed by atoms with E-state index in [9.17, 15) is 4.79 Å². The van der Waals surface area contributed by atoms with Crippen LogP contribution in [0.25, 0.3) is 0 Å². The van der Waals surface area contributed by atoms with Crippen LogP contribution in [0.5, 0.6) is 5.75 Å². The summed E-state index contributed by atoms with van der Waals surface area (Å²) in [5.41, 5.74) is 0.982. The van der Waals surface area contributed by atoms with Gasteiger partial charge in [0.05, 0.1) is 13.2 Å². The first-order valence-corrected chi connectivity index (χ1v) is 8.98. The lowest BCUT2D eigenvalue weighted by Gasteiger charge is -2.37. The molecule has 1 aliphatic heterocycles. The second-order valence-electron chi connectivity index (χ2n) is 6.42. The molecule has 1 saturated heterocycles. The smallest absolute Gasteiger partial charge is 0.237 e. The van der Waals surface area contributed by atoms with Crippen molar-refractivity contribution in [1.82, 2.24) is 15.2 Å². The van der Waals surface area contributed by atoms with Crippen LogP contribution in [0.15, 0.2) is 48.7 Å². The first kappa shape index (κ1) is 18.2. The summed E-state index contributed by atoms with van der Waals surface area (Å²) in [6.07, 6.45) is 1.82. The summed E-state index contributed by atoms with van der Waals surface area (Å²) >= 11 is 0. The van der Waals surface area contributed by atoms with E-state index in [4.69, 9.17) is 4.74 Å². The fourth-order valence-electron chi connectivity index (χ4n) is 3.22. The Hall–Kier alpha value is -2.60. The van der Waals surface area contributed by atoms with Crippen molar-refractivity contribution in [3.8, 4) is 5.75 Å². The summed E-state index contributed by atoms with van der Waals surface area (Å²) in [5, 5.41) is 3.03. The van der Waals surface area contributed by atoms with Crippen molar-refractivity contribution in [1.29, 1.82) is 0 Å². The van der Waals surface area contributed by atoms with Gasteiger partial charge < -0.3 is 15.0 Å². The van der Waals surface area contributed by atoms with Crippen molar-refractivity contribution in [2.45, 2.75) is 19.5 Å². The van der Waals surface area contributed by atoms with Gasteiger partial charge in [0.25, 0.3) is 0 Å². The number of carbonyl (C=O) groups excluding carboxylic acids is 1. The molecule has 0 spiro atoms. The number of pyridine rings is 1. The number of amides is 1. The normalized spacial score (nSPS) is 16.2. The van der Waals surface area contributed by atoms with Crippen LogP contribution in [-0.4, -0.2) is 55.1 Å². The molecular weight excluding hydrogens is 328 g/mol. The Morgan fingerprint density at radius 1 is 1.15 bits per heavy atom. The van der Waals surface area contributed by atoms with E-state index in [-0.39, 0.29) is 11.9 Å². The van der Waals surface area contributed by atoms with Gasteiger partial charge in [-0.15, -0.1) is 0 Å². The third-order valence-corrected chi connectivity index (χ3v) is 4.86. The van der Waals surface area contributed by atoms with Crippen molar-refractivity contribution in [3.05, 3.63) is 54.2 Å². The number of aromatic nitrogens is 1. The number of piperazine rings is 1. The Morgan fingerprint density at radius 3 is 2.58 bits per heavy atom. The molecule has 0 radical (unpaired) electrons. The van der Waals surface area contributed by atoms with Gasteiger partial charge in [0, 0.05) is 44.5 Å². The van der Waals surface area contributed by atoms with Crippen molar-refractivity contribution in [2.75, 3.05) is 38.2 Å². The fourth-order valence-corrected chi connectivity index (χ4v) is 3.22. The quantitative estimate of drug-likeness (QED) is 0.859. The van der Waals surface area contributed by atoms with E-state index < -0.39 is 0 Å². The van der Waals surface area contributed by atoms with Crippen LogP contribution in [-0.2, 0) is 11.3 Å². The number of rotatable bonds is 6. The minimum atomic E-state index is -0.157. The topological polar surface area (TPSA) is 57.7 Å². The van der Waals surface area contributed by atoms with Crippen molar-refractivity contribution < 1.29 is 9.53 Å². The Morgan fingerprint density at radius 2 is 1.88 bits per heavy atom. The number of nitrogens with one attached hydrogen (secondary N) is 1. The number of hydrogen-bond donors (Lipinski definition) is 1. The molecule has 0 aliphatic carbocycles. The SMILES string of the molecule is COc1ccccc1CNC(=O)[C@H](C)N1CCN(c2ccccn2)CC1. The van der Waals surface area contributed by atoms with Gasteiger partial charge in [0.2, 0.25) is 5.91 Å². The number of benzene rings is 1. The second-order valence-corrected chi connectivity index (χ2v) is 6.42. The Kier molecular flexibility index (Phi) is 6.07. The first-order valence-electron chi connectivity index (χ1n) is 8.98. The predicted molar refractivity (Wildman–Crippen MR) is 102 cm³/mol. The van der Waals surface area contributed by atoms with Gasteiger partial charge in [0.1, 0.15) is 11.6 Å². The highest BCUT2D eigenvalue weighted by atomic mass is 16.5. The summed E-state index contributed by atoms with van der Waals surface area (Å²) in [7, 11) is 1.64. The summed E-state index contributed by atoms with van der Waals surface area (Å²) in [6, 6.07) is 13.5. The highest BCUT2D eigenvalue weighted by Crippen LogP contribution is 2.17. The van der Waals surface area contributed by atoms with Gasteiger partial charge in [-0.25, -0.2) is 4.98 Å². The molecular formula is C20H26N4O2. The zero-order chi connectivity index (χ0) is 18.4. The maximum atomic E-state index is 12.5.